The Morgan fingerprint density at radius 1 is 1.60 bits per heavy atom. The van der Waals surface area contributed by atoms with Crippen LogP contribution >= 0.6 is 27.7 Å². The lowest BCUT2D eigenvalue weighted by molar-refractivity contribution is 0.0661. The van der Waals surface area contributed by atoms with Crippen molar-refractivity contribution in [3.63, 3.8) is 0 Å². The molecule has 0 aliphatic heterocycles. The first-order valence-electron chi connectivity index (χ1n) is 5.41. The highest BCUT2D eigenvalue weighted by Crippen LogP contribution is 2.26. The van der Waals surface area contributed by atoms with Crippen LogP contribution in [0.1, 0.15) is 17.5 Å². The largest absolute Gasteiger partial charge is 0.475 e. The smallest absolute Gasteiger partial charge is 0.371 e. The van der Waals surface area contributed by atoms with Crippen LogP contribution in [0.4, 0.5) is 0 Å². The number of sulfonamides is 1. The Morgan fingerprint density at radius 2 is 2.20 bits per heavy atom. The van der Waals surface area contributed by atoms with E-state index in [0.717, 1.165) is 6.07 Å². The summed E-state index contributed by atoms with van der Waals surface area (Å²) in [6.07, 6.45) is 1.75. The number of nitrogens with one attached hydrogen (secondary N) is 1. The molecule has 1 aromatic heterocycles. The van der Waals surface area contributed by atoms with E-state index < -0.39 is 27.8 Å². The van der Waals surface area contributed by atoms with Crippen LogP contribution in [-0.4, -0.2) is 48.8 Å². The molecule has 0 fully saturated rings. The summed E-state index contributed by atoms with van der Waals surface area (Å²) in [7, 11) is -3.95. The maximum atomic E-state index is 12.2. The molecule has 0 spiro atoms. The number of hydrogen-bond acceptors (Lipinski definition) is 6. The minimum atomic E-state index is -3.95. The van der Waals surface area contributed by atoms with Crippen molar-refractivity contribution in [1.29, 1.82) is 0 Å². The van der Waals surface area contributed by atoms with Crippen LogP contribution < -0.4 is 4.72 Å². The predicted molar refractivity (Wildman–Crippen MR) is 77.5 cm³/mol. The first kappa shape index (κ1) is 17.5. The highest BCUT2D eigenvalue weighted by atomic mass is 79.9. The van der Waals surface area contributed by atoms with Gasteiger partial charge >= 0.3 is 5.97 Å². The molecular weight excluding hydrogens is 374 g/mol. The predicted octanol–water partition coefficient (Wildman–Crippen LogP) is 1.13. The van der Waals surface area contributed by atoms with E-state index in [1.54, 1.807) is 13.2 Å². The Bertz CT molecular complexity index is 581. The van der Waals surface area contributed by atoms with Gasteiger partial charge in [0.2, 0.25) is 15.8 Å². The number of halogens is 1. The molecule has 1 aromatic rings. The second kappa shape index (κ2) is 6.94. The molecule has 7 nitrogen and oxygen atoms in total. The molecule has 1 heterocycles. The molecule has 0 radical (unpaired) electrons. The SMILES string of the molecule is CSC(CO)C(C)NS(=O)(=O)c1cc(C(=O)O)oc1Br. The number of thioether (sulfide) groups is 1. The maximum Gasteiger partial charge on any atom is 0.371 e. The average Bonchev–Trinajstić information content (AvgIpc) is 2.73. The molecule has 114 valence electrons. The Morgan fingerprint density at radius 3 is 2.60 bits per heavy atom. The van der Waals surface area contributed by atoms with Gasteiger partial charge in [0.15, 0.2) is 4.67 Å². The molecule has 0 saturated carbocycles. The van der Waals surface area contributed by atoms with Crippen LogP contribution in [0, 0.1) is 0 Å². The lowest BCUT2D eigenvalue weighted by Gasteiger charge is -2.20. The van der Waals surface area contributed by atoms with Crippen molar-refractivity contribution in [2.45, 2.75) is 23.1 Å². The quantitative estimate of drug-likeness (QED) is 0.641. The third-order valence-corrected chi connectivity index (χ3v) is 6.12. The molecule has 0 aliphatic carbocycles. The summed E-state index contributed by atoms with van der Waals surface area (Å²) in [4.78, 5) is 10.5. The Labute approximate surface area is 128 Å². The number of carboxylic acid groups (broad SMARTS) is 1. The van der Waals surface area contributed by atoms with Gasteiger partial charge < -0.3 is 14.6 Å². The monoisotopic (exact) mass is 387 g/mol. The van der Waals surface area contributed by atoms with Crippen LogP contribution in [0.15, 0.2) is 20.0 Å². The van der Waals surface area contributed by atoms with E-state index in [1.807, 2.05) is 0 Å². The molecule has 2 atom stereocenters. The van der Waals surface area contributed by atoms with Gasteiger partial charge in [0.1, 0.15) is 4.90 Å². The topological polar surface area (TPSA) is 117 Å². The molecule has 0 saturated heterocycles. The highest BCUT2D eigenvalue weighted by Gasteiger charge is 2.28. The van der Waals surface area contributed by atoms with Gasteiger partial charge in [-0.05, 0) is 29.1 Å². The molecule has 1 rings (SSSR count). The van der Waals surface area contributed by atoms with Crippen LogP contribution in [0.5, 0.6) is 0 Å². The summed E-state index contributed by atoms with van der Waals surface area (Å²) in [5, 5.41) is 17.6. The molecule has 20 heavy (non-hydrogen) atoms. The van der Waals surface area contributed by atoms with E-state index in [2.05, 4.69) is 20.7 Å². The summed E-state index contributed by atoms with van der Waals surface area (Å²) in [6, 6.07) is 0.393. The van der Waals surface area contributed by atoms with Gasteiger partial charge in [-0.15, -0.1) is 0 Å². The Hall–Kier alpha value is -0.550. The van der Waals surface area contributed by atoms with E-state index in [0.29, 0.717) is 0 Å². The average molecular weight is 388 g/mol. The van der Waals surface area contributed by atoms with Gasteiger partial charge in [0, 0.05) is 17.4 Å². The number of aliphatic hydroxyl groups is 1. The van der Waals surface area contributed by atoms with E-state index >= 15 is 0 Å². The van der Waals surface area contributed by atoms with Crippen molar-refractivity contribution in [3.8, 4) is 0 Å². The summed E-state index contributed by atoms with van der Waals surface area (Å²) in [5.41, 5.74) is 0. The molecule has 3 N–H and O–H groups in total. The van der Waals surface area contributed by atoms with Gasteiger partial charge in [-0.1, -0.05) is 0 Å². The summed E-state index contributed by atoms with van der Waals surface area (Å²) < 4.78 is 31.3. The zero-order valence-electron chi connectivity index (χ0n) is 10.7. The first-order valence-corrected chi connectivity index (χ1v) is 8.98. The second-order valence-electron chi connectivity index (χ2n) is 3.92. The van der Waals surface area contributed by atoms with Crippen molar-refractivity contribution >= 4 is 43.7 Å². The molecule has 0 aliphatic rings. The van der Waals surface area contributed by atoms with Crippen LogP contribution in [0.3, 0.4) is 0 Å². The minimum absolute atomic E-state index is 0.181. The second-order valence-corrected chi connectivity index (χ2v) is 7.40. The zero-order valence-corrected chi connectivity index (χ0v) is 13.9. The number of aliphatic hydroxyl groups excluding tert-OH is 1. The summed E-state index contributed by atoms with van der Waals surface area (Å²) >= 11 is 4.20. The molecule has 0 amide bonds. The fourth-order valence-electron chi connectivity index (χ4n) is 1.46. The van der Waals surface area contributed by atoms with E-state index in [-0.39, 0.29) is 21.4 Å². The molecule has 0 aromatic carbocycles. The van der Waals surface area contributed by atoms with Crippen LogP contribution in [0.2, 0.25) is 0 Å². The third kappa shape index (κ3) is 3.98. The number of aromatic carboxylic acids is 1. The number of hydrogen-bond donors (Lipinski definition) is 3. The Balaban J connectivity index is 3.02. The minimum Gasteiger partial charge on any atom is -0.475 e. The van der Waals surface area contributed by atoms with Gasteiger partial charge in [0.05, 0.1) is 6.61 Å². The highest BCUT2D eigenvalue weighted by molar-refractivity contribution is 9.10. The number of carboxylic acids is 1. The van der Waals surface area contributed by atoms with E-state index in [9.17, 15) is 13.2 Å². The van der Waals surface area contributed by atoms with E-state index in [4.69, 9.17) is 14.6 Å². The van der Waals surface area contributed by atoms with Crippen molar-refractivity contribution in [1.82, 2.24) is 4.72 Å². The molecule has 10 heteroatoms. The Kier molecular flexibility index (Phi) is 6.07. The summed E-state index contributed by atoms with van der Waals surface area (Å²) in [5.74, 6) is -1.84. The zero-order chi connectivity index (χ0) is 15.5. The van der Waals surface area contributed by atoms with Crippen LogP contribution in [-0.2, 0) is 10.0 Å². The molecule has 0 bridgehead atoms. The number of furan rings is 1. The van der Waals surface area contributed by atoms with Gasteiger partial charge in [0.25, 0.3) is 0 Å². The van der Waals surface area contributed by atoms with Crippen LogP contribution in [0.25, 0.3) is 0 Å². The number of carbonyl (C=O) groups is 1. The van der Waals surface area contributed by atoms with Gasteiger partial charge in [-0.2, -0.15) is 11.8 Å². The van der Waals surface area contributed by atoms with Crippen molar-refractivity contribution < 1.29 is 27.8 Å². The molecule has 2 unspecified atom stereocenters. The third-order valence-electron chi connectivity index (χ3n) is 2.54. The standard InChI is InChI=1S/C10H14BrNO6S2/c1-5(7(4-13)19-2)12-20(16,17)8-3-6(10(14)15)18-9(8)11/h3,5,7,12-13H,4H2,1-2H3,(H,14,15). The van der Waals surface area contributed by atoms with Crippen molar-refractivity contribution in [2.75, 3.05) is 12.9 Å². The van der Waals surface area contributed by atoms with Crippen molar-refractivity contribution in [2.24, 2.45) is 0 Å². The van der Waals surface area contributed by atoms with E-state index in [1.165, 1.54) is 11.8 Å². The fourth-order valence-corrected chi connectivity index (χ4v) is 4.40. The fraction of sp³-hybridized carbons (Fsp3) is 0.500. The number of rotatable bonds is 7. The summed E-state index contributed by atoms with van der Waals surface area (Å²) in [6.45, 7) is 1.43. The lowest BCUT2D eigenvalue weighted by atomic mass is 10.3. The lowest BCUT2D eigenvalue weighted by Crippen LogP contribution is -2.41. The normalized spacial score (nSPS) is 15.0. The van der Waals surface area contributed by atoms with Gasteiger partial charge in [-0.25, -0.2) is 17.9 Å². The van der Waals surface area contributed by atoms with Gasteiger partial charge in [-0.3, -0.25) is 0 Å². The van der Waals surface area contributed by atoms with Crippen molar-refractivity contribution in [3.05, 3.63) is 16.5 Å². The maximum absolute atomic E-state index is 12.2. The first-order chi connectivity index (χ1) is 9.22. The molecular formula is C10H14BrNO6S2.